The van der Waals surface area contributed by atoms with E-state index in [1.54, 1.807) is 0 Å². The summed E-state index contributed by atoms with van der Waals surface area (Å²) in [7, 11) is 4.45. The van der Waals surface area contributed by atoms with E-state index in [0.29, 0.717) is 6.04 Å². The van der Waals surface area contributed by atoms with Crippen LogP contribution in [0.2, 0.25) is 0 Å². The molecule has 1 unspecified atom stereocenters. The Morgan fingerprint density at radius 3 is 2.86 bits per heavy atom. The fraction of sp³-hybridized carbons (Fsp3) is 0.500. The van der Waals surface area contributed by atoms with Crippen LogP contribution in [0, 0.1) is 0 Å². The van der Waals surface area contributed by atoms with Gasteiger partial charge in [0.2, 0.25) is 0 Å². The van der Waals surface area contributed by atoms with Crippen LogP contribution in [0.25, 0.3) is 11.3 Å². The number of likely N-dealkylation sites (tertiary alicyclic amines) is 1. The van der Waals surface area contributed by atoms with E-state index in [2.05, 4.69) is 64.4 Å². The lowest BCUT2D eigenvalue weighted by Crippen LogP contribution is -2.43. The number of H-pyrrole nitrogens is 1. The molecule has 1 aromatic heterocycles. The van der Waals surface area contributed by atoms with E-state index < -0.39 is 0 Å². The van der Waals surface area contributed by atoms with Crippen molar-refractivity contribution in [2.75, 3.05) is 27.2 Å². The molecule has 0 spiro atoms. The Labute approximate surface area is 133 Å². The standard InChI is InChI=1S/C18H26N4/c1-21(14-17-10-6-7-11-22(17)2)13-16-12-18(20-19-16)15-8-4-3-5-9-15/h3-5,8-9,12,17H,6-7,10-11,13-14H2,1-2H3,(H,19,20). The van der Waals surface area contributed by atoms with Crippen LogP contribution in [0.4, 0.5) is 0 Å². The van der Waals surface area contributed by atoms with Crippen LogP contribution in [-0.4, -0.2) is 53.2 Å². The third kappa shape index (κ3) is 3.76. The van der Waals surface area contributed by atoms with Gasteiger partial charge >= 0.3 is 0 Å². The highest BCUT2D eigenvalue weighted by atomic mass is 15.2. The first-order valence-electron chi connectivity index (χ1n) is 8.21. The number of nitrogens with one attached hydrogen (secondary N) is 1. The number of piperidine rings is 1. The molecule has 2 heterocycles. The molecule has 4 nitrogen and oxygen atoms in total. The van der Waals surface area contributed by atoms with Gasteiger partial charge in [0, 0.05) is 30.4 Å². The van der Waals surface area contributed by atoms with Gasteiger partial charge in [0.15, 0.2) is 0 Å². The molecule has 0 amide bonds. The first-order chi connectivity index (χ1) is 10.7. The van der Waals surface area contributed by atoms with Gasteiger partial charge in [0.05, 0.1) is 5.69 Å². The molecule has 0 bridgehead atoms. The van der Waals surface area contributed by atoms with Gasteiger partial charge in [0.1, 0.15) is 0 Å². The predicted molar refractivity (Wildman–Crippen MR) is 90.6 cm³/mol. The molecule has 4 heteroatoms. The second-order valence-electron chi connectivity index (χ2n) is 6.47. The van der Waals surface area contributed by atoms with Gasteiger partial charge in [-0.1, -0.05) is 36.8 Å². The molecule has 22 heavy (non-hydrogen) atoms. The summed E-state index contributed by atoms with van der Waals surface area (Å²) in [5, 5.41) is 7.62. The zero-order chi connectivity index (χ0) is 15.4. The van der Waals surface area contributed by atoms with Gasteiger partial charge in [-0.3, -0.25) is 10.00 Å². The number of hydrogen-bond acceptors (Lipinski definition) is 3. The Morgan fingerprint density at radius 2 is 2.09 bits per heavy atom. The minimum Gasteiger partial charge on any atom is -0.302 e. The molecule has 1 aromatic carbocycles. The minimum absolute atomic E-state index is 0.690. The summed E-state index contributed by atoms with van der Waals surface area (Å²) in [4.78, 5) is 4.90. The van der Waals surface area contributed by atoms with E-state index in [9.17, 15) is 0 Å². The lowest BCUT2D eigenvalue weighted by Gasteiger charge is -2.35. The summed E-state index contributed by atoms with van der Waals surface area (Å²) in [6.07, 6.45) is 4.03. The summed E-state index contributed by atoms with van der Waals surface area (Å²) in [6.45, 7) is 3.28. The number of aromatic amines is 1. The van der Waals surface area contributed by atoms with E-state index in [4.69, 9.17) is 0 Å². The van der Waals surface area contributed by atoms with Crippen LogP contribution in [0.15, 0.2) is 36.4 Å². The minimum atomic E-state index is 0.690. The number of benzene rings is 1. The van der Waals surface area contributed by atoms with Crippen molar-refractivity contribution in [3.8, 4) is 11.3 Å². The molecule has 3 rings (SSSR count). The third-order valence-electron chi connectivity index (χ3n) is 4.58. The van der Waals surface area contributed by atoms with Gasteiger partial charge in [-0.25, -0.2) is 0 Å². The molecule has 1 aliphatic heterocycles. The van der Waals surface area contributed by atoms with Crippen molar-refractivity contribution >= 4 is 0 Å². The van der Waals surface area contributed by atoms with Crippen molar-refractivity contribution in [2.24, 2.45) is 0 Å². The summed E-state index contributed by atoms with van der Waals surface area (Å²) in [6, 6.07) is 13.2. The molecular formula is C18H26N4. The van der Waals surface area contributed by atoms with Gasteiger partial charge in [0.25, 0.3) is 0 Å². The molecule has 1 aliphatic rings. The summed E-state index contributed by atoms with van der Waals surface area (Å²) < 4.78 is 0. The molecule has 1 saturated heterocycles. The monoisotopic (exact) mass is 298 g/mol. The smallest absolute Gasteiger partial charge is 0.0924 e. The number of hydrogen-bond donors (Lipinski definition) is 1. The Hall–Kier alpha value is -1.65. The van der Waals surface area contributed by atoms with Crippen molar-refractivity contribution in [2.45, 2.75) is 31.8 Å². The largest absolute Gasteiger partial charge is 0.302 e. The lowest BCUT2D eigenvalue weighted by atomic mass is 10.0. The number of rotatable bonds is 5. The normalized spacial score (nSPS) is 19.7. The predicted octanol–water partition coefficient (Wildman–Crippen LogP) is 2.99. The van der Waals surface area contributed by atoms with Crippen LogP contribution in [0.3, 0.4) is 0 Å². The van der Waals surface area contributed by atoms with E-state index in [-0.39, 0.29) is 0 Å². The van der Waals surface area contributed by atoms with Gasteiger partial charge in [-0.05, 0) is 39.5 Å². The quantitative estimate of drug-likeness (QED) is 0.921. The van der Waals surface area contributed by atoms with Gasteiger partial charge in [-0.2, -0.15) is 5.10 Å². The van der Waals surface area contributed by atoms with Crippen LogP contribution < -0.4 is 0 Å². The molecule has 0 aliphatic carbocycles. The average Bonchev–Trinajstić information content (AvgIpc) is 2.99. The molecule has 118 valence electrons. The van der Waals surface area contributed by atoms with E-state index in [1.807, 2.05) is 6.07 Å². The average molecular weight is 298 g/mol. The molecule has 0 radical (unpaired) electrons. The Bertz CT molecular complexity index is 578. The highest BCUT2D eigenvalue weighted by Crippen LogP contribution is 2.19. The van der Waals surface area contributed by atoms with Crippen molar-refractivity contribution < 1.29 is 0 Å². The zero-order valence-electron chi connectivity index (χ0n) is 13.6. The fourth-order valence-electron chi connectivity index (χ4n) is 3.29. The van der Waals surface area contributed by atoms with E-state index in [1.165, 1.54) is 37.1 Å². The molecule has 0 saturated carbocycles. The Balaban J connectivity index is 1.58. The Morgan fingerprint density at radius 1 is 1.27 bits per heavy atom. The summed E-state index contributed by atoms with van der Waals surface area (Å²) in [5.41, 5.74) is 3.37. The highest BCUT2D eigenvalue weighted by Gasteiger charge is 2.20. The maximum Gasteiger partial charge on any atom is 0.0924 e. The number of likely N-dealkylation sites (N-methyl/N-ethyl adjacent to an activating group) is 2. The van der Waals surface area contributed by atoms with Crippen LogP contribution >= 0.6 is 0 Å². The maximum atomic E-state index is 4.44. The lowest BCUT2D eigenvalue weighted by molar-refractivity contribution is 0.138. The second-order valence-corrected chi connectivity index (χ2v) is 6.47. The first-order valence-corrected chi connectivity index (χ1v) is 8.21. The van der Waals surface area contributed by atoms with Crippen molar-refractivity contribution in [3.63, 3.8) is 0 Å². The summed E-state index contributed by atoms with van der Waals surface area (Å²) >= 11 is 0. The number of aromatic nitrogens is 2. The molecule has 2 aromatic rings. The molecule has 1 fully saturated rings. The SMILES string of the molecule is CN(Cc1cc(-c2ccccc2)n[nH]1)CC1CCCCN1C. The first kappa shape index (κ1) is 15.3. The molecule has 1 N–H and O–H groups in total. The van der Waals surface area contributed by atoms with Crippen molar-refractivity contribution in [1.29, 1.82) is 0 Å². The van der Waals surface area contributed by atoms with Crippen LogP contribution in [0.5, 0.6) is 0 Å². The van der Waals surface area contributed by atoms with Crippen molar-refractivity contribution in [3.05, 3.63) is 42.1 Å². The number of nitrogens with zero attached hydrogens (tertiary/aromatic N) is 3. The zero-order valence-corrected chi connectivity index (χ0v) is 13.6. The second kappa shape index (κ2) is 7.07. The molecular weight excluding hydrogens is 272 g/mol. The fourth-order valence-corrected chi connectivity index (χ4v) is 3.29. The van der Waals surface area contributed by atoms with Crippen LogP contribution in [0.1, 0.15) is 25.0 Å². The van der Waals surface area contributed by atoms with Gasteiger partial charge in [-0.15, -0.1) is 0 Å². The Kier molecular flexibility index (Phi) is 4.90. The van der Waals surface area contributed by atoms with Crippen molar-refractivity contribution in [1.82, 2.24) is 20.0 Å². The van der Waals surface area contributed by atoms with E-state index in [0.717, 1.165) is 18.8 Å². The van der Waals surface area contributed by atoms with E-state index >= 15 is 0 Å². The molecule has 1 atom stereocenters. The topological polar surface area (TPSA) is 35.2 Å². The summed E-state index contributed by atoms with van der Waals surface area (Å²) in [5.74, 6) is 0. The maximum absolute atomic E-state index is 4.44. The van der Waals surface area contributed by atoms with Crippen LogP contribution in [-0.2, 0) is 6.54 Å². The highest BCUT2D eigenvalue weighted by molar-refractivity contribution is 5.58. The third-order valence-corrected chi connectivity index (χ3v) is 4.58. The van der Waals surface area contributed by atoms with Gasteiger partial charge < -0.3 is 4.90 Å².